The second-order valence-electron chi connectivity index (χ2n) is 4.67. The van der Waals surface area contributed by atoms with Crippen LogP contribution in [0.5, 0.6) is 5.75 Å². The molecule has 0 aromatic heterocycles. The van der Waals surface area contributed by atoms with Crippen molar-refractivity contribution in [2.45, 2.75) is 52.1 Å². The molecule has 0 amide bonds. The molecule has 3 heteroatoms. The lowest BCUT2D eigenvalue weighted by molar-refractivity contribution is 0.202. The molecular weight excluding hydrogens is 242 g/mol. The largest absolute Gasteiger partial charge is 0.490 e. The Kier molecular flexibility index (Phi) is 6.13. The molecule has 1 aromatic rings. The predicted molar refractivity (Wildman–Crippen MR) is 81.3 cm³/mol. The van der Waals surface area contributed by atoms with E-state index in [0.717, 1.165) is 18.6 Å². The average Bonchev–Trinajstić information content (AvgIpc) is 2.37. The van der Waals surface area contributed by atoms with Crippen molar-refractivity contribution in [2.24, 2.45) is 5.73 Å². The van der Waals surface area contributed by atoms with Crippen LogP contribution in [-0.2, 0) is 0 Å². The molecule has 100 valence electrons. The van der Waals surface area contributed by atoms with Crippen molar-refractivity contribution < 1.29 is 4.74 Å². The summed E-state index contributed by atoms with van der Waals surface area (Å²) in [5.74, 6) is 1.47. The number of benzene rings is 1. The zero-order valence-electron chi connectivity index (χ0n) is 11.5. The minimum Gasteiger partial charge on any atom is -0.490 e. The van der Waals surface area contributed by atoms with Crippen molar-refractivity contribution in [3.8, 4) is 5.75 Å². The van der Waals surface area contributed by atoms with Crippen molar-refractivity contribution in [1.29, 1.82) is 0 Å². The maximum absolute atomic E-state index is 6.06. The van der Waals surface area contributed by atoms with Gasteiger partial charge >= 0.3 is 0 Å². The highest BCUT2D eigenvalue weighted by atomic mass is 32.1. The van der Waals surface area contributed by atoms with Crippen molar-refractivity contribution in [3.63, 3.8) is 0 Å². The monoisotopic (exact) mass is 265 g/mol. The minimum absolute atomic E-state index is 0.0766. The van der Waals surface area contributed by atoms with Crippen LogP contribution in [0.1, 0.15) is 51.5 Å². The third-order valence-electron chi connectivity index (χ3n) is 3.24. The Morgan fingerprint density at radius 1 is 1.28 bits per heavy atom. The molecule has 1 aromatic carbocycles. The lowest BCUT2D eigenvalue weighted by atomic mass is 9.97. The van der Waals surface area contributed by atoms with Gasteiger partial charge in [-0.3, -0.25) is 0 Å². The van der Waals surface area contributed by atoms with Gasteiger partial charge in [0, 0.05) is 6.42 Å². The third-order valence-corrected chi connectivity index (χ3v) is 3.41. The summed E-state index contributed by atoms with van der Waals surface area (Å²) in [6.07, 6.45) is 2.73. The number of hydrogen-bond donors (Lipinski definition) is 1. The molecule has 0 radical (unpaired) electrons. The molecule has 0 saturated carbocycles. The van der Waals surface area contributed by atoms with E-state index < -0.39 is 0 Å². The molecular formula is C15H23NOS. The standard InChI is InChI=1S/C15H23NOS/c1-4-11(3)13-8-6-7-9-14(13)17-12(5-2)10-15(16)18/h6-9,11-12H,4-5,10H2,1-3H3,(H2,16,18). The molecule has 0 aliphatic heterocycles. The number of rotatable bonds is 7. The average molecular weight is 265 g/mol. The summed E-state index contributed by atoms with van der Waals surface area (Å²) >= 11 is 4.96. The fourth-order valence-corrected chi connectivity index (χ4v) is 2.07. The topological polar surface area (TPSA) is 35.2 Å². The number of ether oxygens (including phenoxy) is 1. The molecule has 1 rings (SSSR count). The van der Waals surface area contributed by atoms with E-state index in [4.69, 9.17) is 22.7 Å². The maximum atomic E-state index is 6.06. The van der Waals surface area contributed by atoms with Crippen LogP contribution in [0.2, 0.25) is 0 Å². The van der Waals surface area contributed by atoms with Gasteiger partial charge in [-0.1, -0.05) is 51.2 Å². The second kappa shape index (κ2) is 7.37. The van der Waals surface area contributed by atoms with E-state index >= 15 is 0 Å². The Morgan fingerprint density at radius 3 is 2.50 bits per heavy atom. The van der Waals surface area contributed by atoms with E-state index in [1.807, 2.05) is 12.1 Å². The first-order valence-corrected chi connectivity index (χ1v) is 7.03. The van der Waals surface area contributed by atoms with Gasteiger partial charge < -0.3 is 10.5 Å². The first-order valence-electron chi connectivity index (χ1n) is 6.62. The van der Waals surface area contributed by atoms with Crippen LogP contribution >= 0.6 is 12.2 Å². The molecule has 0 aliphatic rings. The van der Waals surface area contributed by atoms with Gasteiger partial charge in [0.1, 0.15) is 11.9 Å². The normalized spacial score (nSPS) is 13.9. The Morgan fingerprint density at radius 2 is 1.94 bits per heavy atom. The molecule has 2 unspecified atom stereocenters. The zero-order chi connectivity index (χ0) is 13.5. The number of hydrogen-bond acceptors (Lipinski definition) is 2. The van der Waals surface area contributed by atoms with Gasteiger partial charge in [0.25, 0.3) is 0 Å². The molecule has 0 spiro atoms. The molecule has 0 bridgehead atoms. The van der Waals surface area contributed by atoms with Gasteiger partial charge in [-0.05, 0) is 30.4 Å². The van der Waals surface area contributed by atoms with E-state index in [2.05, 4.69) is 32.9 Å². The molecule has 0 aliphatic carbocycles. The second-order valence-corrected chi connectivity index (χ2v) is 5.19. The first-order chi connectivity index (χ1) is 8.58. The van der Waals surface area contributed by atoms with Crippen molar-refractivity contribution in [3.05, 3.63) is 29.8 Å². The molecule has 0 fully saturated rings. The summed E-state index contributed by atoms with van der Waals surface area (Å²) in [6, 6.07) is 8.23. The molecule has 18 heavy (non-hydrogen) atoms. The fourth-order valence-electron chi connectivity index (χ4n) is 1.89. The van der Waals surface area contributed by atoms with E-state index in [1.54, 1.807) is 0 Å². The fraction of sp³-hybridized carbons (Fsp3) is 0.533. The highest BCUT2D eigenvalue weighted by Gasteiger charge is 2.14. The molecule has 2 N–H and O–H groups in total. The Labute approximate surface area is 116 Å². The summed E-state index contributed by atoms with van der Waals surface area (Å²) in [4.78, 5) is 0.517. The van der Waals surface area contributed by atoms with E-state index in [0.29, 0.717) is 17.3 Å². The van der Waals surface area contributed by atoms with Gasteiger partial charge in [0.05, 0.1) is 4.99 Å². The number of nitrogens with two attached hydrogens (primary N) is 1. The van der Waals surface area contributed by atoms with Crippen LogP contribution < -0.4 is 10.5 Å². The SMILES string of the molecule is CCC(CC(N)=S)Oc1ccccc1C(C)CC. The maximum Gasteiger partial charge on any atom is 0.123 e. The number of thiocarbonyl (C=S) groups is 1. The summed E-state index contributed by atoms with van der Waals surface area (Å²) < 4.78 is 6.06. The van der Waals surface area contributed by atoms with Crippen LogP contribution in [-0.4, -0.2) is 11.1 Å². The van der Waals surface area contributed by atoms with Crippen LogP contribution in [0.3, 0.4) is 0 Å². The van der Waals surface area contributed by atoms with Gasteiger partial charge in [0.15, 0.2) is 0 Å². The van der Waals surface area contributed by atoms with E-state index in [1.165, 1.54) is 5.56 Å². The smallest absolute Gasteiger partial charge is 0.123 e. The highest BCUT2D eigenvalue weighted by molar-refractivity contribution is 7.80. The van der Waals surface area contributed by atoms with Crippen LogP contribution in [0.15, 0.2) is 24.3 Å². The van der Waals surface area contributed by atoms with Crippen molar-refractivity contribution in [2.75, 3.05) is 0 Å². The number of para-hydroxylation sites is 1. The first kappa shape index (κ1) is 15.0. The molecule has 2 atom stereocenters. The third kappa shape index (κ3) is 4.30. The highest BCUT2D eigenvalue weighted by Crippen LogP contribution is 2.29. The Bertz CT molecular complexity index is 392. The summed E-state index contributed by atoms with van der Waals surface area (Å²) in [6.45, 7) is 6.50. The predicted octanol–water partition coefficient (Wildman–Crippen LogP) is 4.03. The molecule has 2 nitrogen and oxygen atoms in total. The van der Waals surface area contributed by atoms with Crippen LogP contribution in [0.25, 0.3) is 0 Å². The van der Waals surface area contributed by atoms with Gasteiger partial charge in [-0.15, -0.1) is 0 Å². The van der Waals surface area contributed by atoms with Gasteiger partial charge in [-0.2, -0.15) is 0 Å². The summed E-state index contributed by atoms with van der Waals surface area (Å²) in [5.41, 5.74) is 6.86. The zero-order valence-corrected chi connectivity index (χ0v) is 12.3. The van der Waals surface area contributed by atoms with Crippen molar-refractivity contribution in [1.82, 2.24) is 0 Å². The van der Waals surface area contributed by atoms with Crippen LogP contribution in [0.4, 0.5) is 0 Å². The van der Waals surface area contributed by atoms with Crippen LogP contribution in [0, 0.1) is 0 Å². The van der Waals surface area contributed by atoms with E-state index in [9.17, 15) is 0 Å². The Balaban J connectivity index is 2.85. The quantitative estimate of drug-likeness (QED) is 0.756. The lowest BCUT2D eigenvalue weighted by Gasteiger charge is -2.21. The molecule has 0 saturated heterocycles. The lowest BCUT2D eigenvalue weighted by Crippen LogP contribution is -2.23. The van der Waals surface area contributed by atoms with E-state index in [-0.39, 0.29) is 6.10 Å². The van der Waals surface area contributed by atoms with Crippen molar-refractivity contribution >= 4 is 17.2 Å². The summed E-state index contributed by atoms with van der Waals surface area (Å²) in [5, 5.41) is 0. The molecule has 0 heterocycles. The Hall–Kier alpha value is -1.09. The van der Waals surface area contributed by atoms with Gasteiger partial charge in [0.2, 0.25) is 0 Å². The summed E-state index contributed by atoms with van der Waals surface area (Å²) in [7, 11) is 0. The minimum atomic E-state index is 0.0766. The van der Waals surface area contributed by atoms with Gasteiger partial charge in [-0.25, -0.2) is 0 Å².